The molecule has 3 aliphatic rings. The van der Waals surface area contributed by atoms with Crippen LogP contribution in [0.25, 0.3) is 21.0 Å². The van der Waals surface area contributed by atoms with Crippen LogP contribution in [0, 0.1) is 17.7 Å². The fraction of sp³-hybridized carbons (Fsp3) is 0.400. The van der Waals surface area contributed by atoms with E-state index in [4.69, 9.17) is 0 Å². The van der Waals surface area contributed by atoms with Crippen LogP contribution >= 0.6 is 23.5 Å². The molecule has 2 fully saturated rings. The number of fused-ring (bicyclic) bond motifs is 1. The molecule has 0 radical (unpaired) electrons. The number of aromatic nitrogens is 1. The molecular formula is C25H23F4N3S2. The maximum absolute atomic E-state index is 13.3. The summed E-state index contributed by atoms with van der Waals surface area (Å²) in [6.45, 7) is -0.454. The van der Waals surface area contributed by atoms with Crippen molar-refractivity contribution in [2.45, 2.75) is 37.4 Å². The summed E-state index contributed by atoms with van der Waals surface area (Å²) in [6.07, 6.45) is 1.47. The Bertz CT molecular complexity index is 1210. The van der Waals surface area contributed by atoms with Crippen molar-refractivity contribution in [3.63, 3.8) is 0 Å². The van der Waals surface area contributed by atoms with Gasteiger partial charge in [-0.1, -0.05) is 24.3 Å². The van der Waals surface area contributed by atoms with E-state index < -0.39 is 12.7 Å². The molecule has 2 bridgehead atoms. The van der Waals surface area contributed by atoms with Gasteiger partial charge in [-0.3, -0.25) is 0 Å². The highest BCUT2D eigenvalue weighted by atomic mass is 32.2. The van der Waals surface area contributed by atoms with Gasteiger partial charge >= 0.3 is 6.18 Å². The van der Waals surface area contributed by atoms with Crippen molar-refractivity contribution in [2.24, 2.45) is 11.8 Å². The molecule has 2 aromatic carbocycles. The highest BCUT2D eigenvalue weighted by molar-refractivity contribution is 7.95. The largest absolute Gasteiger partial charge is 0.402 e. The number of benzene rings is 2. The summed E-state index contributed by atoms with van der Waals surface area (Å²) in [7, 11) is 0. The second-order valence-electron chi connectivity index (χ2n) is 9.55. The minimum atomic E-state index is -4.19. The molecule has 1 spiro atoms. The number of hydrogen-bond donors (Lipinski definition) is 1. The Kier molecular flexibility index (Phi) is 5.51. The summed E-state index contributed by atoms with van der Waals surface area (Å²) in [5.41, 5.74) is 4.30. The Balaban J connectivity index is 1.25. The Morgan fingerprint density at radius 3 is 2.44 bits per heavy atom. The molecule has 3 aromatic rings. The fourth-order valence-corrected chi connectivity index (χ4v) is 7.98. The smallest absolute Gasteiger partial charge is 0.244 e. The van der Waals surface area contributed by atoms with Gasteiger partial charge in [0.25, 0.3) is 0 Å². The first kappa shape index (κ1) is 22.5. The van der Waals surface area contributed by atoms with Gasteiger partial charge in [0.05, 0.1) is 4.88 Å². The van der Waals surface area contributed by atoms with Crippen LogP contribution in [0.4, 0.5) is 17.6 Å². The molecule has 3 nitrogen and oxygen atoms in total. The molecule has 6 rings (SSSR count). The highest BCUT2D eigenvalue weighted by Gasteiger charge is 2.56. The van der Waals surface area contributed by atoms with Crippen LogP contribution in [0.15, 0.2) is 48.7 Å². The molecule has 1 aliphatic heterocycles. The van der Waals surface area contributed by atoms with Crippen LogP contribution in [-0.2, 0) is 12.8 Å². The summed E-state index contributed by atoms with van der Waals surface area (Å²) in [6, 6.07) is 12.9. The quantitative estimate of drug-likeness (QED) is 0.324. The van der Waals surface area contributed by atoms with Crippen molar-refractivity contribution in [3.05, 3.63) is 65.6 Å². The van der Waals surface area contributed by atoms with Crippen LogP contribution in [-0.4, -0.2) is 34.1 Å². The van der Waals surface area contributed by atoms with Gasteiger partial charge in [-0.05, 0) is 72.4 Å². The number of halogens is 4. The molecular weight excluding hydrogens is 482 g/mol. The molecule has 1 N–H and O–H groups in total. The third kappa shape index (κ3) is 4.06. The molecule has 1 saturated heterocycles. The average Bonchev–Trinajstić information content (AvgIpc) is 3.47. The molecule has 1 aromatic heterocycles. The first-order valence-corrected chi connectivity index (χ1v) is 13.0. The SMILES string of the molecule is Fc1ccc(-c2cnc(-c3ccc4c(c3)C[C@H]3CC[C@@H](C4)[C@]34CN(CC(F)(F)F)SN4)s2)cc1. The number of hydrogen-bond acceptors (Lipinski definition) is 5. The van der Waals surface area contributed by atoms with Crippen LogP contribution in [0.2, 0.25) is 0 Å². The lowest BCUT2D eigenvalue weighted by Crippen LogP contribution is -2.51. The zero-order valence-corrected chi connectivity index (χ0v) is 19.9. The van der Waals surface area contributed by atoms with E-state index in [2.05, 4.69) is 27.9 Å². The van der Waals surface area contributed by atoms with Crippen molar-refractivity contribution >= 4 is 23.5 Å². The van der Waals surface area contributed by atoms with Crippen molar-refractivity contribution < 1.29 is 17.6 Å². The summed E-state index contributed by atoms with van der Waals surface area (Å²) in [5.74, 6) is 0.383. The molecule has 0 amide bonds. The molecule has 0 unspecified atom stereocenters. The number of rotatable bonds is 3. The first-order valence-electron chi connectivity index (χ1n) is 11.4. The third-order valence-electron chi connectivity index (χ3n) is 7.50. The van der Waals surface area contributed by atoms with Gasteiger partial charge in [0.1, 0.15) is 17.4 Å². The lowest BCUT2D eigenvalue weighted by molar-refractivity contribution is -0.135. The molecule has 1 saturated carbocycles. The summed E-state index contributed by atoms with van der Waals surface area (Å²) in [4.78, 5) is 5.60. The number of nitrogens with zero attached hydrogens (tertiary/aromatic N) is 2. The maximum Gasteiger partial charge on any atom is 0.402 e. The third-order valence-corrected chi connectivity index (χ3v) is 9.58. The van der Waals surface area contributed by atoms with Crippen LogP contribution in [0.3, 0.4) is 0 Å². The standard InChI is InChI=1S/C25H23F4N3S2/c26-21-7-3-15(4-8-21)22-12-30-23(33-22)17-2-1-16-10-19-5-6-20(11-18(16)9-17)24(19)13-32(34-31-24)14-25(27,28)29/h1-4,7-9,12,19-20,31H,5-6,10-11,13-14H2/t19-,20+,24+/m0/s1. The summed E-state index contributed by atoms with van der Waals surface area (Å²) in [5, 5.41) is 0.914. The normalized spacial score (nSPS) is 26.7. The predicted molar refractivity (Wildman–Crippen MR) is 128 cm³/mol. The minimum Gasteiger partial charge on any atom is -0.244 e. The van der Waals surface area contributed by atoms with Gasteiger partial charge in [0.15, 0.2) is 0 Å². The number of alkyl halides is 3. The average molecular weight is 506 g/mol. The van der Waals surface area contributed by atoms with Crippen LogP contribution in [0.5, 0.6) is 0 Å². The van der Waals surface area contributed by atoms with E-state index in [0.29, 0.717) is 18.4 Å². The Labute approximate surface area is 203 Å². The van der Waals surface area contributed by atoms with Crippen LogP contribution < -0.4 is 4.72 Å². The van der Waals surface area contributed by atoms with Gasteiger partial charge in [0.2, 0.25) is 0 Å². The zero-order valence-electron chi connectivity index (χ0n) is 18.2. The lowest BCUT2D eigenvalue weighted by atomic mass is 9.79. The Morgan fingerprint density at radius 1 is 1.00 bits per heavy atom. The van der Waals surface area contributed by atoms with Crippen molar-refractivity contribution in [3.8, 4) is 21.0 Å². The van der Waals surface area contributed by atoms with E-state index in [0.717, 1.165) is 58.8 Å². The second kappa shape index (κ2) is 8.33. The van der Waals surface area contributed by atoms with E-state index in [9.17, 15) is 17.6 Å². The number of nitrogens with one attached hydrogen (secondary N) is 1. The van der Waals surface area contributed by atoms with Gasteiger partial charge < -0.3 is 0 Å². The van der Waals surface area contributed by atoms with Gasteiger partial charge in [0, 0.05) is 36.0 Å². The fourth-order valence-electron chi connectivity index (χ4n) is 5.87. The van der Waals surface area contributed by atoms with Crippen molar-refractivity contribution in [1.82, 2.24) is 14.0 Å². The van der Waals surface area contributed by atoms with Gasteiger partial charge in [-0.15, -0.1) is 11.3 Å². The van der Waals surface area contributed by atoms with Crippen molar-refractivity contribution in [2.75, 3.05) is 13.1 Å². The first-order chi connectivity index (χ1) is 16.3. The Hall–Kier alpha value is -1.94. The van der Waals surface area contributed by atoms with E-state index in [1.54, 1.807) is 23.5 Å². The molecule has 9 heteroatoms. The molecule has 34 heavy (non-hydrogen) atoms. The zero-order chi connectivity index (χ0) is 23.5. The van der Waals surface area contributed by atoms with Gasteiger partial charge in [-0.25, -0.2) is 18.4 Å². The highest BCUT2D eigenvalue weighted by Crippen LogP contribution is 2.52. The van der Waals surface area contributed by atoms with Gasteiger partial charge in [-0.2, -0.15) is 13.2 Å². The van der Waals surface area contributed by atoms with Crippen LogP contribution in [0.1, 0.15) is 24.0 Å². The van der Waals surface area contributed by atoms with E-state index in [1.807, 2.05) is 6.20 Å². The van der Waals surface area contributed by atoms with Crippen molar-refractivity contribution in [1.29, 1.82) is 0 Å². The monoisotopic (exact) mass is 505 g/mol. The van der Waals surface area contributed by atoms with E-state index in [-0.39, 0.29) is 11.4 Å². The number of thiazole rings is 1. The molecule has 2 aliphatic carbocycles. The summed E-state index contributed by atoms with van der Waals surface area (Å²) < 4.78 is 57.2. The molecule has 178 valence electrons. The second-order valence-corrected chi connectivity index (χ2v) is 11.5. The Morgan fingerprint density at radius 2 is 1.71 bits per heavy atom. The molecule has 3 atom stereocenters. The van der Waals surface area contributed by atoms with E-state index >= 15 is 0 Å². The lowest BCUT2D eigenvalue weighted by Gasteiger charge is -2.34. The topological polar surface area (TPSA) is 28.2 Å². The molecule has 2 heterocycles. The minimum absolute atomic E-state index is 0.261. The van der Waals surface area contributed by atoms with E-state index in [1.165, 1.54) is 27.6 Å². The maximum atomic E-state index is 13.3. The predicted octanol–water partition coefficient (Wildman–Crippen LogP) is 6.51. The summed E-state index contributed by atoms with van der Waals surface area (Å²) >= 11 is 2.72.